The Morgan fingerprint density at radius 3 is 2.47 bits per heavy atom. The van der Waals surface area contributed by atoms with Crippen LogP contribution < -0.4 is 10.5 Å². The second-order valence-corrected chi connectivity index (χ2v) is 7.34. The van der Waals surface area contributed by atoms with Gasteiger partial charge in [-0.25, -0.2) is 13.1 Å². The van der Waals surface area contributed by atoms with Crippen LogP contribution in [0.3, 0.4) is 0 Å². The number of anilines is 1. The Morgan fingerprint density at radius 1 is 1.32 bits per heavy atom. The number of hydrogen-bond acceptors (Lipinski definition) is 4. The summed E-state index contributed by atoms with van der Waals surface area (Å²) in [5.41, 5.74) is 5.95. The average molecular weight is 281 g/mol. The van der Waals surface area contributed by atoms with Crippen molar-refractivity contribution < 1.29 is 8.42 Å². The van der Waals surface area contributed by atoms with Crippen LogP contribution in [0.25, 0.3) is 0 Å². The van der Waals surface area contributed by atoms with E-state index in [1.807, 2.05) is 0 Å². The Kier molecular flexibility index (Phi) is 3.22. The topological polar surface area (TPSA) is 85.1 Å². The van der Waals surface area contributed by atoms with Crippen molar-refractivity contribution in [1.29, 1.82) is 0 Å². The molecule has 2 aliphatic carbocycles. The number of pyridine rings is 1. The SMILES string of the molecule is Nc1ccncc1S(=O)(=O)NCC(C1CC1)C1CC1. The molecule has 5 nitrogen and oxygen atoms in total. The van der Waals surface area contributed by atoms with Crippen LogP contribution in [0, 0.1) is 17.8 Å². The number of sulfonamides is 1. The predicted octanol–water partition coefficient (Wildman–Crippen LogP) is 1.38. The van der Waals surface area contributed by atoms with Gasteiger partial charge >= 0.3 is 0 Å². The molecule has 1 aromatic rings. The van der Waals surface area contributed by atoms with E-state index in [0.717, 1.165) is 11.8 Å². The van der Waals surface area contributed by atoms with Gasteiger partial charge in [-0.3, -0.25) is 4.98 Å². The monoisotopic (exact) mass is 281 g/mol. The Morgan fingerprint density at radius 2 is 1.95 bits per heavy atom. The molecule has 0 radical (unpaired) electrons. The molecule has 0 spiro atoms. The molecule has 1 aromatic heterocycles. The standard InChI is InChI=1S/C13H19N3O2S/c14-12-5-6-15-8-13(12)19(17,18)16-7-11(9-1-2-9)10-3-4-10/h5-6,8-11,16H,1-4,7H2,(H2,14,15). The summed E-state index contributed by atoms with van der Waals surface area (Å²) in [4.78, 5) is 3.92. The smallest absolute Gasteiger partial charge is 0.244 e. The Balaban J connectivity index is 1.69. The van der Waals surface area contributed by atoms with Gasteiger partial charge in [0.2, 0.25) is 10.0 Å². The molecule has 0 unspecified atom stereocenters. The van der Waals surface area contributed by atoms with E-state index in [2.05, 4.69) is 9.71 Å². The zero-order valence-electron chi connectivity index (χ0n) is 10.7. The Hall–Kier alpha value is -1.14. The van der Waals surface area contributed by atoms with Crippen LogP contribution in [-0.4, -0.2) is 19.9 Å². The Labute approximate surface area is 113 Å². The predicted molar refractivity (Wildman–Crippen MR) is 72.8 cm³/mol. The first-order chi connectivity index (χ1) is 9.08. The van der Waals surface area contributed by atoms with Crippen LogP contribution in [0.15, 0.2) is 23.4 Å². The van der Waals surface area contributed by atoms with Crippen molar-refractivity contribution in [2.24, 2.45) is 17.8 Å². The zero-order chi connectivity index (χ0) is 13.5. The van der Waals surface area contributed by atoms with Crippen molar-refractivity contribution in [3.8, 4) is 0 Å². The molecule has 19 heavy (non-hydrogen) atoms. The van der Waals surface area contributed by atoms with E-state index in [9.17, 15) is 8.42 Å². The van der Waals surface area contributed by atoms with E-state index in [4.69, 9.17) is 5.73 Å². The van der Waals surface area contributed by atoms with Gasteiger partial charge in [-0.15, -0.1) is 0 Å². The second-order valence-electron chi connectivity index (χ2n) is 5.60. The molecule has 104 valence electrons. The maximum atomic E-state index is 12.2. The molecule has 0 bridgehead atoms. The van der Waals surface area contributed by atoms with Crippen LogP contribution in [0.2, 0.25) is 0 Å². The molecule has 3 N–H and O–H groups in total. The van der Waals surface area contributed by atoms with Crippen molar-refractivity contribution in [3.63, 3.8) is 0 Å². The van der Waals surface area contributed by atoms with E-state index in [-0.39, 0.29) is 10.6 Å². The number of nitrogens with two attached hydrogens (primary N) is 1. The fraction of sp³-hybridized carbons (Fsp3) is 0.615. The second kappa shape index (κ2) is 4.76. The molecule has 3 rings (SSSR count). The summed E-state index contributed by atoms with van der Waals surface area (Å²) < 4.78 is 27.1. The molecule has 0 saturated heterocycles. The van der Waals surface area contributed by atoms with Gasteiger partial charge in [0.1, 0.15) is 4.90 Å². The molecule has 0 atom stereocenters. The summed E-state index contributed by atoms with van der Waals surface area (Å²) in [6.45, 7) is 0.534. The largest absolute Gasteiger partial charge is 0.398 e. The lowest BCUT2D eigenvalue weighted by Crippen LogP contribution is -2.31. The van der Waals surface area contributed by atoms with Gasteiger partial charge in [-0.05, 0) is 49.5 Å². The molecule has 1 heterocycles. The van der Waals surface area contributed by atoms with Crippen LogP contribution in [0.4, 0.5) is 5.69 Å². The fourth-order valence-electron chi connectivity index (χ4n) is 2.67. The normalized spacial score (nSPS) is 19.8. The molecule has 2 saturated carbocycles. The maximum Gasteiger partial charge on any atom is 0.244 e. The van der Waals surface area contributed by atoms with Crippen LogP contribution >= 0.6 is 0 Å². The molecule has 2 fully saturated rings. The van der Waals surface area contributed by atoms with Gasteiger partial charge in [0, 0.05) is 18.9 Å². The minimum Gasteiger partial charge on any atom is -0.398 e. The zero-order valence-corrected chi connectivity index (χ0v) is 11.6. The molecule has 0 aromatic carbocycles. The summed E-state index contributed by atoms with van der Waals surface area (Å²) >= 11 is 0. The molecule has 2 aliphatic rings. The quantitative estimate of drug-likeness (QED) is 0.825. The lowest BCUT2D eigenvalue weighted by molar-refractivity contribution is 0.401. The van der Waals surface area contributed by atoms with Crippen molar-refractivity contribution >= 4 is 15.7 Å². The molecule has 6 heteroatoms. The fourth-order valence-corrected chi connectivity index (χ4v) is 3.81. The lowest BCUT2D eigenvalue weighted by Gasteiger charge is -2.16. The number of nitrogens with one attached hydrogen (secondary N) is 1. The first kappa shape index (κ1) is 12.9. The van der Waals surface area contributed by atoms with Gasteiger partial charge in [0.15, 0.2) is 0 Å². The molecule has 0 aliphatic heterocycles. The van der Waals surface area contributed by atoms with Crippen molar-refractivity contribution in [3.05, 3.63) is 18.5 Å². The highest BCUT2D eigenvalue weighted by atomic mass is 32.2. The van der Waals surface area contributed by atoms with E-state index in [1.165, 1.54) is 44.1 Å². The summed E-state index contributed by atoms with van der Waals surface area (Å²) in [6, 6.07) is 1.51. The van der Waals surface area contributed by atoms with Gasteiger partial charge in [0.05, 0.1) is 5.69 Å². The van der Waals surface area contributed by atoms with Crippen LogP contribution in [0.5, 0.6) is 0 Å². The highest BCUT2D eigenvalue weighted by Crippen LogP contribution is 2.48. The summed E-state index contributed by atoms with van der Waals surface area (Å²) in [7, 11) is -3.53. The third-order valence-electron chi connectivity index (χ3n) is 4.07. The minimum absolute atomic E-state index is 0.0837. The van der Waals surface area contributed by atoms with Crippen molar-refractivity contribution in [2.75, 3.05) is 12.3 Å². The van der Waals surface area contributed by atoms with Crippen LogP contribution in [-0.2, 0) is 10.0 Å². The number of hydrogen-bond donors (Lipinski definition) is 2. The summed E-state index contributed by atoms with van der Waals surface area (Å²) in [5, 5.41) is 0. The first-order valence-corrected chi connectivity index (χ1v) is 8.25. The van der Waals surface area contributed by atoms with Gasteiger partial charge < -0.3 is 5.73 Å². The van der Waals surface area contributed by atoms with Gasteiger partial charge in [0.25, 0.3) is 0 Å². The number of rotatable bonds is 6. The first-order valence-electron chi connectivity index (χ1n) is 6.77. The minimum atomic E-state index is -3.53. The van der Waals surface area contributed by atoms with Gasteiger partial charge in [-0.2, -0.15) is 0 Å². The van der Waals surface area contributed by atoms with Crippen molar-refractivity contribution in [2.45, 2.75) is 30.6 Å². The number of nitrogens with zero attached hydrogens (tertiary/aromatic N) is 1. The third-order valence-corrected chi connectivity index (χ3v) is 5.54. The summed E-state index contributed by atoms with van der Waals surface area (Å²) in [6.07, 6.45) is 7.79. The highest BCUT2D eigenvalue weighted by molar-refractivity contribution is 7.89. The number of nitrogen functional groups attached to an aromatic ring is 1. The van der Waals surface area contributed by atoms with E-state index in [1.54, 1.807) is 0 Å². The Bertz CT molecular complexity index is 553. The molecule has 0 amide bonds. The average Bonchev–Trinajstić information content (AvgIpc) is 3.24. The van der Waals surface area contributed by atoms with Gasteiger partial charge in [-0.1, -0.05) is 0 Å². The summed E-state index contributed by atoms with van der Waals surface area (Å²) in [5.74, 6) is 1.95. The molecular weight excluding hydrogens is 262 g/mol. The van der Waals surface area contributed by atoms with Crippen LogP contribution in [0.1, 0.15) is 25.7 Å². The maximum absolute atomic E-state index is 12.2. The number of aromatic nitrogens is 1. The van der Waals surface area contributed by atoms with E-state index in [0.29, 0.717) is 12.5 Å². The van der Waals surface area contributed by atoms with E-state index >= 15 is 0 Å². The molecular formula is C13H19N3O2S. The lowest BCUT2D eigenvalue weighted by atomic mass is 9.99. The van der Waals surface area contributed by atoms with Crippen molar-refractivity contribution in [1.82, 2.24) is 9.71 Å². The third kappa shape index (κ3) is 2.90. The highest BCUT2D eigenvalue weighted by Gasteiger charge is 2.41. The van der Waals surface area contributed by atoms with E-state index < -0.39 is 10.0 Å².